The highest BCUT2D eigenvalue weighted by molar-refractivity contribution is 5.97. The summed E-state index contributed by atoms with van der Waals surface area (Å²) in [5, 5.41) is 22.0. The average molecular weight is 278 g/mol. The van der Waals surface area contributed by atoms with Crippen LogP contribution in [0.15, 0.2) is 17.3 Å². The first kappa shape index (κ1) is 14.6. The fraction of sp³-hybridized carbons (Fsp3) is 0.571. The van der Waals surface area contributed by atoms with Crippen molar-refractivity contribution in [2.45, 2.75) is 38.7 Å². The van der Waals surface area contributed by atoms with Crippen LogP contribution in [0.4, 0.5) is 5.82 Å². The van der Waals surface area contributed by atoms with Gasteiger partial charge in [-0.15, -0.1) is 0 Å². The predicted octanol–water partition coefficient (Wildman–Crippen LogP) is 1.23. The first-order valence-electron chi connectivity index (χ1n) is 6.85. The van der Waals surface area contributed by atoms with E-state index in [2.05, 4.69) is 15.0 Å². The van der Waals surface area contributed by atoms with E-state index in [4.69, 9.17) is 10.9 Å². The van der Waals surface area contributed by atoms with Crippen molar-refractivity contribution in [2.75, 3.05) is 18.0 Å². The average Bonchev–Trinajstić information content (AvgIpc) is 2.58. The van der Waals surface area contributed by atoms with Crippen LogP contribution in [-0.2, 0) is 0 Å². The third kappa shape index (κ3) is 3.39. The number of oxime groups is 1. The Morgan fingerprint density at radius 2 is 2.15 bits per heavy atom. The summed E-state index contributed by atoms with van der Waals surface area (Å²) in [6.07, 6.45) is 2.42. The van der Waals surface area contributed by atoms with Crippen molar-refractivity contribution in [1.82, 2.24) is 4.98 Å². The molecular formula is C14H22N4O2. The van der Waals surface area contributed by atoms with Crippen molar-refractivity contribution >= 4 is 11.7 Å². The Hall–Kier alpha value is -1.82. The monoisotopic (exact) mass is 278 g/mol. The number of aryl methyl sites for hydroxylation is 1. The van der Waals surface area contributed by atoms with Crippen molar-refractivity contribution in [3.05, 3.63) is 23.4 Å². The van der Waals surface area contributed by atoms with Gasteiger partial charge in [0.05, 0.1) is 5.60 Å². The summed E-state index contributed by atoms with van der Waals surface area (Å²) >= 11 is 0. The Morgan fingerprint density at radius 1 is 1.40 bits per heavy atom. The number of amidine groups is 1. The van der Waals surface area contributed by atoms with E-state index < -0.39 is 5.60 Å². The Bertz CT molecular complexity index is 514. The first-order valence-corrected chi connectivity index (χ1v) is 6.85. The van der Waals surface area contributed by atoms with Gasteiger partial charge in [-0.25, -0.2) is 4.98 Å². The van der Waals surface area contributed by atoms with Crippen LogP contribution in [0.2, 0.25) is 0 Å². The van der Waals surface area contributed by atoms with Gasteiger partial charge in [-0.1, -0.05) is 5.16 Å². The number of anilines is 1. The Kier molecular flexibility index (Phi) is 4.13. The van der Waals surface area contributed by atoms with Gasteiger partial charge in [0.25, 0.3) is 0 Å². The minimum absolute atomic E-state index is 0.0820. The van der Waals surface area contributed by atoms with E-state index in [1.807, 2.05) is 19.9 Å². The summed E-state index contributed by atoms with van der Waals surface area (Å²) < 4.78 is 0. The number of aliphatic hydroxyl groups is 1. The minimum Gasteiger partial charge on any atom is -0.409 e. The molecule has 0 radical (unpaired) electrons. The lowest BCUT2D eigenvalue weighted by Crippen LogP contribution is -2.29. The smallest absolute Gasteiger partial charge is 0.170 e. The van der Waals surface area contributed by atoms with Gasteiger partial charge in [-0.05, 0) is 45.2 Å². The molecular weight excluding hydrogens is 256 g/mol. The standard InChI is InChI=1S/C14H22N4O2/c1-10-8-11(13(15)17-20)9-12(16-10)18-6-3-4-14(2,19)5-7-18/h8-9,19-20H,3-7H2,1-2H3,(H2,15,17). The van der Waals surface area contributed by atoms with Crippen molar-refractivity contribution in [2.24, 2.45) is 10.9 Å². The van der Waals surface area contributed by atoms with Crippen LogP contribution in [0, 0.1) is 6.92 Å². The second-order valence-corrected chi connectivity index (χ2v) is 5.68. The van der Waals surface area contributed by atoms with Gasteiger partial charge in [-0.3, -0.25) is 0 Å². The maximum atomic E-state index is 10.1. The molecule has 4 N–H and O–H groups in total. The van der Waals surface area contributed by atoms with Gasteiger partial charge in [-0.2, -0.15) is 0 Å². The van der Waals surface area contributed by atoms with Gasteiger partial charge >= 0.3 is 0 Å². The molecule has 1 unspecified atom stereocenters. The Labute approximate surface area is 118 Å². The zero-order valence-electron chi connectivity index (χ0n) is 12.0. The largest absolute Gasteiger partial charge is 0.409 e. The van der Waals surface area contributed by atoms with Crippen molar-refractivity contribution in [3.63, 3.8) is 0 Å². The summed E-state index contributed by atoms with van der Waals surface area (Å²) in [5.74, 6) is 0.892. The summed E-state index contributed by atoms with van der Waals surface area (Å²) in [5.41, 5.74) is 6.52. The fourth-order valence-corrected chi connectivity index (χ4v) is 2.51. The van der Waals surface area contributed by atoms with Gasteiger partial charge < -0.3 is 20.9 Å². The molecule has 0 amide bonds. The zero-order chi connectivity index (χ0) is 14.8. The molecule has 0 saturated carbocycles. The maximum Gasteiger partial charge on any atom is 0.170 e. The van der Waals surface area contributed by atoms with Crippen LogP contribution in [-0.4, -0.2) is 39.8 Å². The summed E-state index contributed by atoms with van der Waals surface area (Å²) in [4.78, 5) is 6.66. The highest BCUT2D eigenvalue weighted by atomic mass is 16.4. The Balaban J connectivity index is 2.26. The number of nitrogens with zero attached hydrogens (tertiary/aromatic N) is 3. The lowest BCUT2D eigenvalue weighted by atomic mass is 9.98. The van der Waals surface area contributed by atoms with Crippen molar-refractivity contribution < 1.29 is 10.3 Å². The predicted molar refractivity (Wildman–Crippen MR) is 78.2 cm³/mol. The topological polar surface area (TPSA) is 95.0 Å². The molecule has 0 aliphatic carbocycles. The molecule has 1 saturated heterocycles. The molecule has 20 heavy (non-hydrogen) atoms. The van der Waals surface area contributed by atoms with Crippen LogP contribution >= 0.6 is 0 Å². The van der Waals surface area contributed by atoms with Gasteiger partial charge in [0.15, 0.2) is 5.84 Å². The molecule has 1 aliphatic heterocycles. The van der Waals surface area contributed by atoms with E-state index >= 15 is 0 Å². The summed E-state index contributed by atoms with van der Waals surface area (Å²) in [7, 11) is 0. The number of pyridine rings is 1. The van der Waals surface area contributed by atoms with E-state index in [-0.39, 0.29) is 5.84 Å². The maximum absolute atomic E-state index is 10.1. The third-order valence-corrected chi connectivity index (χ3v) is 3.73. The molecule has 1 aliphatic rings. The lowest BCUT2D eigenvalue weighted by molar-refractivity contribution is 0.0481. The summed E-state index contributed by atoms with van der Waals surface area (Å²) in [6.45, 7) is 5.36. The normalized spacial score (nSPS) is 24.6. The van der Waals surface area contributed by atoms with Gasteiger partial charge in [0, 0.05) is 24.3 Å². The number of hydrogen-bond donors (Lipinski definition) is 3. The van der Waals surface area contributed by atoms with Gasteiger partial charge in [0.1, 0.15) is 5.82 Å². The molecule has 6 heteroatoms. The number of rotatable bonds is 2. The number of nitrogens with two attached hydrogens (primary N) is 1. The number of aromatic nitrogens is 1. The molecule has 2 heterocycles. The van der Waals surface area contributed by atoms with Crippen molar-refractivity contribution in [1.29, 1.82) is 0 Å². The molecule has 0 aromatic carbocycles. The molecule has 2 rings (SSSR count). The molecule has 110 valence electrons. The van der Waals surface area contributed by atoms with Crippen LogP contribution < -0.4 is 10.6 Å². The molecule has 1 aromatic rings. The van der Waals surface area contributed by atoms with E-state index in [0.29, 0.717) is 12.0 Å². The van der Waals surface area contributed by atoms with Crippen LogP contribution in [0.3, 0.4) is 0 Å². The van der Waals surface area contributed by atoms with E-state index in [1.165, 1.54) is 0 Å². The Morgan fingerprint density at radius 3 is 2.85 bits per heavy atom. The molecule has 0 spiro atoms. The van der Waals surface area contributed by atoms with Crippen LogP contribution in [0.5, 0.6) is 0 Å². The minimum atomic E-state index is -0.604. The molecule has 1 fully saturated rings. The molecule has 1 atom stereocenters. The van der Waals surface area contributed by atoms with Crippen LogP contribution in [0.25, 0.3) is 0 Å². The van der Waals surface area contributed by atoms with E-state index in [9.17, 15) is 5.11 Å². The van der Waals surface area contributed by atoms with Crippen LogP contribution in [0.1, 0.15) is 37.4 Å². The number of hydrogen-bond acceptors (Lipinski definition) is 5. The molecule has 1 aromatic heterocycles. The van der Waals surface area contributed by atoms with Crippen molar-refractivity contribution in [3.8, 4) is 0 Å². The highest BCUT2D eigenvalue weighted by Gasteiger charge is 2.25. The van der Waals surface area contributed by atoms with E-state index in [0.717, 1.165) is 37.4 Å². The molecule has 6 nitrogen and oxygen atoms in total. The SMILES string of the molecule is Cc1cc(/C(N)=N/O)cc(N2CCCC(C)(O)CC2)n1. The lowest BCUT2D eigenvalue weighted by Gasteiger charge is -2.24. The fourth-order valence-electron chi connectivity index (χ4n) is 2.51. The zero-order valence-corrected chi connectivity index (χ0v) is 12.0. The second-order valence-electron chi connectivity index (χ2n) is 5.68. The first-order chi connectivity index (χ1) is 9.41. The van der Waals surface area contributed by atoms with Gasteiger partial charge in [0.2, 0.25) is 0 Å². The van der Waals surface area contributed by atoms with E-state index in [1.54, 1.807) is 6.07 Å². The quantitative estimate of drug-likeness (QED) is 0.327. The second kappa shape index (κ2) is 5.66. The highest BCUT2D eigenvalue weighted by Crippen LogP contribution is 2.25. The third-order valence-electron chi connectivity index (χ3n) is 3.73. The molecule has 0 bridgehead atoms. The summed E-state index contributed by atoms with van der Waals surface area (Å²) in [6, 6.07) is 3.61.